The van der Waals surface area contributed by atoms with Crippen LogP contribution in [0, 0.1) is 6.92 Å². The van der Waals surface area contributed by atoms with E-state index >= 15 is 0 Å². The standard InChI is InChI=1S/C18H17N3OS/c1-13-8-10-15(11-9-13)17-12-23-18(20-19-14(2)22)21(17)16-6-4-3-5-7-16/h3-12H,1-2H3,(H,19,22)/b20-18+. The predicted octanol–water partition coefficient (Wildman–Crippen LogP) is 3.47. The lowest BCUT2D eigenvalue weighted by Crippen LogP contribution is -2.21. The lowest BCUT2D eigenvalue weighted by molar-refractivity contribution is -0.119. The van der Waals surface area contributed by atoms with E-state index in [-0.39, 0.29) is 5.91 Å². The molecule has 1 aromatic heterocycles. The summed E-state index contributed by atoms with van der Waals surface area (Å²) in [6, 6.07) is 18.4. The topological polar surface area (TPSA) is 46.4 Å². The fourth-order valence-electron chi connectivity index (χ4n) is 2.27. The maximum absolute atomic E-state index is 11.2. The van der Waals surface area contributed by atoms with Crippen LogP contribution in [0.25, 0.3) is 16.9 Å². The summed E-state index contributed by atoms with van der Waals surface area (Å²) < 4.78 is 2.05. The van der Waals surface area contributed by atoms with Gasteiger partial charge in [0, 0.05) is 18.0 Å². The number of benzene rings is 2. The molecule has 3 rings (SSSR count). The van der Waals surface area contributed by atoms with Crippen molar-refractivity contribution in [3.05, 3.63) is 70.3 Å². The maximum Gasteiger partial charge on any atom is 0.237 e. The van der Waals surface area contributed by atoms with Crippen LogP contribution in [0.1, 0.15) is 12.5 Å². The first-order valence-corrected chi connectivity index (χ1v) is 8.16. The summed E-state index contributed by atoms with van der Waals surface area (Å²) in [6.45, 7) is 3.52. The molecule has 0 radical (unpaired) electrons. The van der Waals surface area contributed by atoms with Crippen LogP contribution in [0.3, 0.4) is 0 Å². The molecular formula is C18H17N3OS. The molecule has 0 fully saturated rings. The zero-order valence-corrected chi connectivity index (χ0v) is 13.8. The Balaban J connectivity index is 2.19. The van der Waals surface area contributed by atoms with Crippen LogP contribution < -0.4 is 10.2 Å². The normalized spacial score (nSPS) is 11.5. The fourth-order valence-corrected chi connectivity index (χ4v) is 3.13. The summed E-state index contributed by atoms with van der Waals surface area (Å²) >= 11 is 1.49. The van der Waals surface area contributed by atoms with Crippen LogP contribution in [-0.2, 0) is 4.79 Å². The molecule has 4 nitrogen and oxygen atoms in total. The molecule has 23 heavy (non-hydrogen) atoms. The number of rotatable bonds is 3. The van der Waals surface area contributed by atoms with Crippen molar-refractivity contribution in [2.24, 2.45) is 5.10 Å². The van der Waals surface area contributed by atoms with Gasteiger partial charge < -0.3 is 0 Å². The number of nitrogens with zero attached hydrogens (tertiary/aromatic N) is 2. The zero-order chi connectivity index (χ0) is 16.2. The van der Waals surface area contributed by atoms with Crippen LogP contribution in [-0.4, -0.2) is 10.5 Å². The first-order valence-electron chi connectivity index (χ1n) is 7.28. The van der Waals surface area contributed by atoms with Gasteiger partial charge in [-0.25, -0.2) is 5.43 Å². The number of aryl methyl sites for hydroxylation is 1. The van der Waals surface area contributed by atoms with Crippen molar-refractivity contribution in [1.29, 1.82) is 0 Å². The van der Waals surface area contributed by atoms with Crippen molar-refractivity contribution in [1.82, 2.24) is 9.99 Å². The summed E-state index contributed by atoms with van der Waals surface area (Å²) in [6.07, 6.45) is 0. The van der Waals surface area contributed by atoms with Crippen LogP contribution in [0.4, 0.5) is 0 Å². The van der Waals surface area contributed by atoms with E-state index in [1.54, 1.807) is 0 Å². The number of amides is 1. The molecule has 1 heterocycles. The van der Waals surface area contributed by atoms with E-state index < -0.39 is 0 Å². The molecule has 0 aliphatic rings. The highest BCUT2D eigenvalue weighted by molar-refractivity contribution is 7.07. The first kappa shape index (κ1) is 15.2. The van der Waals surface area contributed by atoms with Crippen LogP contribution >= 0.6 is 11.3 Å². The third-order valence-electron chi connectivity index (χ3n) is 3.38. The van der Waals surface area contributed by atoms with E-state index in [0.29, 0.717) is 0 Å². The van der Waals surface area contributed by atoms with Crippen molar-refractivity contribution in [2.45, 2.75) is 13.8 Å². The Kier molecular flexibility index (Phi) is 4.39. The minimum Gasteiger partial charge on any atom is -0.284 e. The smallest absolute Gasteiger partial charge is 0.237 e. The maximum atomic E-state index is 11.2. The molecule has 0 saturated heterocycles. The van der Waals surface area contributed by atoms with Crippen LogP contribution in [0.2, 0.25) is 0 Å². The Morgan fingerprint density at radius 1 is 1.09 bits per heavy atom. The number of aromatic nitrogens is 1. The van der Waals surface area contributed by atoms with Gasteiger partial charge in [0.1, 0.15) is 0 Å². The molecule has 0 unspecified atom stereocenters. The van der Waals surface area contributed by atoms with Gasteiger partial charge in [-0.2, -0.15) is 0 Å². The monoisotopic (exact) mass is 323 g/mol. The molecule has 0 aliphatic heterocycles. The second-order valence-electron chi connectivity index (χ2n) is 5.22. The van der Waals surface area contributed by atoms with Gasteiger partial charge in [0.05, 0.1) is 5.69 Å². The van der Waals surface area contributed by atoms with Crippen molar-refractivity contribution >= 4 is 17.2 Å². The minimum absolute atomic E-state index is 0.185. The third kappa shape index (κ3) is 3.40. The quantitative estimate of drug-likeness (QED) is 0.737. The number of carbonyl (C=O) groups is 1. The number of carbonyl (C=O) groups excluding carboxylic acids is 1. The summed E-state index contributed by atoms with van der Waals surface area (Å²) in [4.78, 5) is 11.9. The van der Waals surface area contributed by atoms with Gasteiger partial charge in [0.15, 0.2) is 0 Å². The number of hydrogen-bond donors (Lipinski definition) is 1. The average molecular weight is 323 g/mol. The van der Waals surface area contributed by atoms with Crippen LogP contribution in [0.5, 0.6) is 0 Å². The van der Waals surface area contributed by atoms with E-state index in [9.17, 15) is 4.79 Å². The molecule has 0 spiro atoms. The number of para-hydroxylation sites is 1. The second-order valence-corrected chi connectivity index (χ2v) is 6.06. The highest BCUT2D eigenvalue weighted by atomic mass is 32.1. The SMILES string of the molecule is CC(=O)N/N=c1/scc(-c2ccc(C)cc2)n1-c1ccccc1. The molecule has 1 N–H and O–H groups in total. The first-order chi connectivity index (χ1) is 11.1. The zero-order valence-electron chi connectivity index (χ0n) is 13.0. The van der Waals surface area contributed by atoms with E-state index in [2.05, 4.69) is 47.1 Å². The molecular weight excluding hydrogens is 306 g/mol. The van der Waals surface area contributed by atoms with E-state index in [1.807, 2.05) is 34.9 Å². The summed E-state index contributed by atoms with van der Waals surface area (Å²) in [5.74, 6) is -0.185. The second kappa shape index (κ2) is 6.62. The van der Waals surface area contributed by atoms with Gasteiger partial charge in [-0.3, -0.25) is 9.36 Å². The largest absolute Gasteiger partial charge is 0.284 e. The molecule has 3 aromatic rings. The van der Waals surface area contributed by atoms with Gasteiger partial charge >= 0.3 is 0 Å². The van der Waals surface area contributed by atoms with Gasteiger partial charge in [-0.1, -0.05) is 48.0 Å². The summed E-state index contributed by atoms with van der Waals surface area (Å²) in [5.41, 5.74) is 6.91. The minimum atomic E-state index is -0.185. The fraction of sp³-hybridized carbons (Fsp3) is 0.111. The van der Waals surface area contributed by atoms with Gasteiger partial charge in [-0.05, 0) is 24.6 Å². The summed E-state index contributed by atoms with van der Waals surface area (Å²) in [5, 5.41) is 6.28. The number of thiazole rings is 1. The lowest BCUT2D eigenvalue weighted by atomic mass is 10.1. The van der Waals surface area contributed by atoms with Crippen molar-refractivity contribution in [3.63, 3.8) is 0 Å². The highest BCUT2D eigenvalue weighted by Gasteiger charge is 2.10. The molecule has 0 bridgehead atoms. The number of hydrogen-bond acceptors (Lipinski definition) is 3. The Morgan fingerprint density at radius 3 is 2.43 bits per heavy atom. The third-order valence-corrected chi connectivity index (χ3v) is 4.20. The van der Waals surface area contributed by atoms with E-state index in [1.165, 1.54) is 23.8 Å². The van der Waals surface area contributed by atoms with E-state index in [0.717, 1.165) is 21.7 Å². The van der Waals surface area contributed by atoms with Gasteiger partial charge in [-0.15, -0.1) is 16.4 Å². The van der Waals surface area contributed by atoms with Gasteiger partial charge in [0.25, 0.3) is 0 Å². The molecule has 5 heteroatoms. The Labute approximate surface area is 138 Å². The molecule has 2 aromatic carbocycles. The Morgan fingerprint density at radius 2 is 1.78 bits per heavy atom. The van der Waals surface area contributed by atoms with Crippen molar-refractivity contribution < 1.29 is 4.79 Å². The van der Waals surface area contributed by atoms with E-state index in [4.69, 9.17) is 0 Å². The Bertz CT molecular complexity index is 877. The highest BCUT2D eigenvalue weighted by Crippen LogP contribution is 2.23. The molecule has 0 aliphatic carbocycles. The number of nitrogens with one attached hydrogen (secondary N) is 1. The average Bonchev–Trinajstić information content (AvgIpc) is 2.98. The Hall–Kier alpha value is -2.66. The van der Waals surface area contributed by atoms with Gasteiger partial charge in [0.2, 0.25) is 10.7 Å². The molecule has 0 atom stereocenters. The molecule has 116 valence electrons. The molecule has 1 amide bonds. The van der Waals surface area contributed by atoms with Crippen molar-refractivity contribution in [2.75, 3.05) is 0 Å². The predicted molar refractivity (Wildman–Crippen MR) is 93.2 cm³/mol. The van der Waals surface area contributed by atoms with Crippen molar-refractivity contribution in [3.8, 4) is 16.9 Å². The van der Waals surface area contributed by atoms with Crippen LogP contribution in [0.15, 0.2) is 65.1 Å². The lowest BCUT2D eigenvalue weighted by Gasteiger charge is -2.09. The molecule has 0 saturated carbocycles. The summed E-state index contributed by atoms with van der Waals surface area (Å²) in [7, 11) is 0.